The summed E-state index contributed by atoms with van der Waals surface area (Å²) >= 11 is 0. The van der Waals surface area contributed by atoms with Crippen molar-refractivity contribution in [3.8, 4) is 0 Å². The highest BCUT2D eigenvalue weighted by atomic mass is 16.5. The van der Waals surface area contributed by atoms with Crippen LogP contribution in [0.4, 0.5) is 0 Å². The Hall–Kier alpha value is -0.830. The number of nitrogens with zero attached hydrogens (tertiary/aromatic N) is 1. The van der Waals surface area contributed by atoms with Gasteiger partial charge in [-0.05, 0) is 46.1 Å². The molecule has 0 radical (unpaired) electrons. The standard InChI is InChI=1S/C13H22N2O/c1-9(13-10(2)15-16-11(13)3)14-8-12-6-4-5-7-12/h9,12,14H,4-8H2,1-3H3. The van der Waals surface area contributed by atoms with E-state index in [4.69, 9.17) is 4.52 Å². The van der Waals surface area contributed by atoms with Crippen molar-refractivity contribution in [1.29, 1.82) is 0 Å². The van der Waals surface area contributed by atoms with Gasteiger partial charge in [-0.3, -0.25) is 0 Å². The van der Waals surface area contributed by atoms with Crippen LogP contribution in [0.15, 0.2) is 4.52 Å². The van der Waals surface area contributed by atoms with Gasteiger partial charge in [0.05, 0.1) is 5.69 Å². The Morgan fingerprint density at radius 3 is 2.62 bits per heavy atom. The van der Waals surface area contributed by atoms with E-state index in [2.05, 4.69) is 17.4 Å². The Morgan fingerprint density at radius 2 is 2.06 bits per heavy atom. The Labute approximate surface area is 97.6 Å². The fourth-order valence-corrected chi connectivity index (χ4v) is 2.77. The van der Waals surface area contributed by atoms with Crippen LogP contribution in [0.2, 0.25) is 0 Å². The van der Waals surface area contributed by atoms with Crippen molar-refractivity contribution in [3.05, 3.63) is 17.0 Å². The van der Waals surface area contributed by atoms with Gasteiger partial charge in [0.1, 0.15) is 5.76 Å². The van der Waals surface area contributed by atoms with E-state index in [0.29, 0.717) is 6.04 Å². The average Bonchev–Trinajstić information content (AvgIpc) is 2.86. The number of rotatable bonds is 4. The minimum absolute atomic E-state index is 0.354. The van der Waals surface area contributed by atoms with Crippen molar-refractivity contribution >= 4 is 0 Å². The molecular weight excluding hydrogens is 200 g/mol. The van der Waals surface area contributed by atoms with Crippen molar-refractivity contribution < 1.29 is 4.52 Å². The fraction of sp³-hybridized carbons (Fsp3) is 0.769. The van der Waals surface area contributed by atoms with Crippen molar-refractivity contribution in [2.45, 2.75) is 52.5 Å². The van der Waals surface area contributed by atoms with Crippen molar-refractivity contribution in [1.82, 2.24) is 10.5 Å². The van der Waals surface area contributed by atoms with E-state index in [0.717, 1.165) is 23.9 Å². The van der Waals surface area contributed by atoms with Crippen LogP contribution >= 0.6 is 0 Å². The van der Waals surface area contributed by atoms with Crippen LogP contribution < -0.4 is 5.32 Å². The molecule has 0 saturated heterocycles. The third-order valence-corrected chi connectivity index (χ3v) is 3.71. The monoisotopic (exact) mass is 222 g/mol. The van der Waals surface area contributed by atoms with E-state index in [1.54, 1.807) is 0 Å². The third kappa shape index (κ3) is 2.46. The highest BCUT2D eigenvalue weighted by Gasteiger charge is 2.19. The van der Waals surface area contributed by atoms with Crippen LogP contribution in [0, 0.1) is 19.8 Å². The molecule has 1 saturated carbocycles. The second-order valence-electron chi connectivity index (χ2n) is 5.02. The lowest BCUT2D eigenvalue weighted by atomic mass is 10.0. The molecule has 3 nitrogen and oxygen atoms in total. The van der Waals surface area contributed by atoms with Crippen molar-refractivity contribution in [2.24, 2.45) is 5.92 Å². The summed E-state index contributed by atoms with van der Waals surface area (Å²) in [5.41, 5.74) is 2.25. The van der Waals surface area contributed by atoms with Gasteiger partial charge in [0, 0.05) is 11.6 Å². The molecule has 1 aromatic heterocycles. The number of hydrogen-bond acceptors (Lipinski definition) is 3. The highest BCUT2D eigenvalue weighted by molar-refractivity contribution is 5.24. The molecule has 1 aliphatic rings. The largest absolute Gasteiger partial charge is 0.361 e. The average molecular weight is 222 g/mol. The molecule has 0 aromatic carbocycles. The summed E-state index contributed by atoms with van der Waals surface area (Å²) in [6.07, 6.45) is 5.60. The van der Waals surface area contributed by atoms with Crippen LogP contribution in [-0.2, 0) is 0 Å². The normalized spacial score (nSPS) is 19.2. The minimum atomic E-state index is 0.354. The molecule has 0 amide bonds. The molecule has 90 valence electrons. The van der Waals surface area contributed by atoms with E-state index in [1.165, 1.54) is 31.2 Å². The first-order valence-electron chi connectivity index (χ1n) is 6.34. The summed E-state index contributed by atoms with van der Waals surface area (Å²) in [6.45, 7) is 7.33. The smallest absolute Gasteiger partial charge is 0.138 e. The quantitative estimate of drug-likeness (QED) is 0.850. The summed E-state index contributed by atoms with van der Waals surface area (Å²) < 4.78 is 5.20. The van der Waals surface area contributed by atoms with E-state index in [-0.39, 0.29) is 0 Å². The van der Waals surface area contributed by atoms with Crippen LogP contribution in [0.5, 0.6) is 0 Å². The Balaban J connectivity index is 1.89. The predicted molar refractivity (Wildman–Crippen MR) is 64.4 cm³/mol. The van der Waals surface area contributed by atoms with E-state index >= 15 is 0 Å². The van der Waals surface area contributed by atoms with E-state index < -0.39 is 0 Å². The molecule has 1 unspecified atom stereocenters. The molecule has 2 rings (SSSR count). The lowest BCUT2D eigenvalue weighted by Crippen LogP contribution is -2.25. The van der Waals surface area contributed by atoms with Gasteiger partial charge in [-0.15, -0.1) is 0 Å². The molecule has 1 atom stereocenters. The van der Waals surface area contributed by atoms with Gasteiger partial charge in [0.15, 0.2) is 0 Å². The van der Waals surface area contributed by atoms with Gasteiger partial charge in [-0.25, -0.2) is 0 Å². The highest BCUT2D eigenvalue weighted by Crippen LogP contribution is 2.26. The Morgan fingerprint density at radius 1 is 1.38 bits per heavy atom. The van der Waals surface area contributed by atoms with Crippen molar-refractivity contribution in [2.75, 3.05) is 6.54 Å². The molecule has 1 fully saturated rings. The summed E-state index contributed by atoms with van der Waals surface area (Å²) in [4.78, 5) is 0. The second-order valence-corrected chi connectivity index (χ2v) is 5.02. The van der Waals surface area contributed by atoms with E-state index in [9.17, 15) is 0 Å². The summed E-state index contributed by atoms with van der Waals surface area (Å²) in [7, 11) is 0. The molecular formula is C13H22N2O. The number of aryl methyl sites for hydroxylation is 2. The van der Waals surface area contributed by atoms with E-state index in [1.807, 2.05) is 13.8 Å². The zero-order valence-electron chi connectivity index (χ0n) is 10.5. The summed E-state index contributed by atoms with van der Waals surface area (Å²) in [6, 6.07) is 0.354. The SMILES string of the molecule is Cc1noc(C)c1C(C)NCC1CCCC1. The van der Waals surface area contributed by atoms with Gasteiger partial charge in [-0.1, -0.05) is 18.0 Å². The lowest BCUT2D eigenvalue weighted by Gasteiger charge is -2.16. The molecule has 0 bridgehead atoms. The van der Waals surface area contributed by atoms with Gasteiger partial charge >= 0.3 is 0 Å². The Bertz CT molecular complexity index is 320. The minimum Gasteiger partial charge on any atom is -0.361 e. The van der Waals surface area contributed by atoms with Gasteiger partial charge in [0.25, 0.3) is 0 Å². The van der Waals surface area contributed by atoms with Crippen LogP contribution in [0.3, 0.4) is 0 Å². The zero-order chi connectivity index (χ0) is 11.5. The number of nitrogens with one attached hydrogen (secondary N) is 1. The van der Waals surface area contributed by atoms with Gasteiger partial charge in [0.2, 0.25) is 0 Å². The van der Waals surface area contributed by atoms with Crippen LogP contribution in [0.25, 0.3) is 0 Å². The fourth-order valence-electron chi connectivity index (χ4n) is 2.77. The zero-order valence-corrected chi connectivity index (χ0v) is 10.5. The molecule has 0 aliphatic heterocycles. The molecule has 0 spiro atoms. The molecule has 3 heteroatoms. The lowest BCUT2D eigenvalue weighted by molar-refractivity contribution is 0.389. The first kappa shape index (κ1) is 11.6. The maximum Gasteiger partial charge on any atom is 0.138 e. The maximum atomic E-state index is 5.20. The predicted octanol–water partition coefficient (Wildman–Crippen LogP) is 3.13. The summed E-state index contributed by atoms with van der Waals surface area (Å²) in [5.74, 6) is 1.83. The third-order valence-electron chi connectivity index (χ3n) is 3.71. The first-order chi connectivity index (χ1) is 7.68. The molecule has 1 N–H and O–H groups in total. The molecule has 16 heavy (non-hydrogen) atoms. The van der Waals surface area contributed by atoms with Crippen molar-refractivity contribution in [3.63, 3.8) is 0 Å². The topological polar surface area (TPSA) is 38.1 Å². The molecule has 1 aromatic rings. The number of aromatic nitrogens is 1. The maximum absolute atomic E-state index is 5.20. The van der Waals surface area contributed by atoms with Gasteiger partial charge < -0.3 is 9.84 Å². The number of hydrogen-bond donors (Lipinski definition) is 1. The Kier molecular flexibility index (Phi) is 3.64. The van der Waals surface area contributed by atoms with Crippen LogP contribution in [0.1, 0.15) is 55.7 Å². The van der Waals surface area contributed by atoms with Gasteiger partial charge in [-0.2, -0.15) is 0 Å². The molecule has 1 heterocycles. The molecule has 1 aliphatic carbocycles. The first-order valence-corrected chi connectivity index (χ1v) is 6.34. The summed E-state index contributed by atoms with van der Waals surface area (Å²) in [5, 5.41) is 7.61. The second kappa shape index (κ2) is 5.00. The van der Waals surface area contributed by atoms with Crippen LogP contribution in [-0.4, -0.2) is 11.7 Å².